The molecule has 1 aromatic heterocycles. The number of ketones is 1. The molecule has 3 aromatic rings. The number of carbonyl (C=O) groups is 2. The van der Waals surface area contributed by atoms with Gasteiger partial charge in [0.15, 0.2) is 5.43 Å². The summed E-state index contributed by atoms with van der Waals surface area (Å²) in [4.78, 5) is 36.1. The van der Waals surface area contributed by atoms with E-state index in [4.69, 9.17) is 0 Å². The number of esters is 1. The van der Waals surface area contributed by atoms with Crippen LogP contribution in [0.15, 0.2) is 65.6 Å². The Morgan fingerprint density at radius 3 is 2.55 bits per heavy atom. The van der Waals surface area contributed by atoms with Gasteiger partial charge in [-0.25, -0.2) is 9.18 Å². The van der Waals surface area contributed by atoms with Crippen molar-refractivity contribution in [2.75, 3.05) is 6.61 Å². The molecule has 0 bridgehead atoms. The fraction of sp³-hybridized carbons (Fsp3) is 0.136. The molecule has 0 radical (unpaired) electrons. The number of hydrogen-bond acceptors (Lipinski definition) is 5. The summed E-state index contributed by atoms with van der Waals surface area (Å²) in [6.45, 7) is 1.64. The van der Waals surface area contributed by atoms with Crippen LogP contribution in [0, 0.1) is 5.82 Å². The number of para-hydroxylation sites is 1. The summed E-state index contributed by atoms with van der Waals surface area (Å²) >= 11 is 0. The average Bonchev–Trinajstić information content (AvgIpc) is 2.71. The van der Waals surface area contributed by atoms with Crippen LogP contribution in [0.2, 0.25) is 0 Å². The van der Waals surface area contributed by atoms with E-state index in [2.05, 4.69) is 4.74 Å². The summed E-state index contributed by atoms with van der Waals surface area (Å²) in [5.74, 6) is -3.29. The number of hydrogen-bond donors (Lipinski definition) is 1. The predicted molar refractivity (Wildman–Crippen MR) is 106 cm³/mol. The maximum Gasteiger partial charge on any atom is 0.379 e. The summed E-state index contributed by atoms with van der Waals surface area (Å²) in [5, 5.41) is 10.6. The second-order valence-electron chi connectivity index (χ2n) is 6.22. The first-order chi connectivity index (χ1) is 13.9. The zero-order valence-corrected chi connectivity index (χ0v) is 15.6. The van der Waals surface area contributed by atoms with Gasteiger partial charge in [-0.2, -0.15) is 0 Å². The zero-order valence-electron chi connectivity index (χ0n) is 15.6. The van der Waals surface area contributed by atoms with Crippen LogP contribution in [0.1, 0.15) is 18.1 Å². The number of aliphatic hydroxyl groups excluding tert-OH is 1. The minimum absolute atomic E-state index is 0.00456. The molecule has 0 atom stereocenters. The molecule has 0 aliphatic rings. The highest BCUT2D eigenvalue weighted by molar-refractivity contribution is 6.39. The quantitative estimate of drug-likeness (QED) is 0.300. The SMILES string of the molecule is CCOC(=O)C(=O)C=C(O)c1cn(Cc2ccccc2F)c2ccccc2c1=O. The fourth-order valence-electron chi connectivity index (χ4n) is 2.93. The van der Waals surface area contributed by atoms with Gasteiger partial charge in [-0.1, -0.05) is 30.3 Å². The zero-order chi connectivity index (χ0) is 21.0. The molecule has 0 aliphatic carbocycles. The molecule has 1 heterocycles. The highest BCUT2D eigenvalue weighted by Gasteiger charge is 2.17. The minimum Gasteiger partial charge on any atom is -0.507 e. The first kappa shape index (κ1) is 20.0. The van der Waals surface area contributed by atoms with Crippen LogP contribution in [0.5, 0.6) is 0 Å². The van der Waals surface area contributed by atoms with E-state index >= 15 is 0 Å². The van der Waals surface area contributed by atoms with Crippen molar-refractivity contribution in [2.24, 2.45) is 0 Å². The van der Waals surface area contributed by atoms with Crippen molar-refractivity contribution in [1.82, 2.24) is 4.57 Å². The van der Waals surface area contributed by atoms with E-state index in [1.807, 2.05) is 0 Å². The summed E-state index contributed by atoms with van der Waals surface area (Å²) in [6.07, 6.45) is 1.98. The van der Waals surface area contributed by atoms with Crippen molar-refractivity contribution in [1.29, 1.82) is 0 Å². The topological polar surface area (TPSA) is 85.6 Å². The second kappa shape index (κ2) is 8.52. The van der Waals surface area contributed by atoms with E-state index in [-0.39, 0.29) is 24.1 Å². The van der Waals surface area contributed by atoms with Crippen LogP contribution in [-0.4, -0.2) is 28.0 Å². The fourth-order valence-corrected chi connectivity index (χ4v) is 2.93. The van der Waals surface area contributed by atoms with Gasteiger partial charge in [-0.15, -0.1) is 0 Å². The van der Waals surface area contributed by atoms with E-state index in [9.17, 15) is 23.9 Å². The van der Waals surface area contributed by atoms with Gasteiger partial charge in [-0.05, 0) is 25.1 Å². The molecule has 0 aliphatic heterocycles. The molecule has 0 fully saturated rings. The summed E-state index contributed by atoms with van der Waals surface area (Å²) in [5.41, 5.74) is 0.223. The van der Waals surface area contributed by atoms with Crippen molar-refractivity contribution in [3.05, 3.63) is 88.0 Å². The molecular weight excluding hydrogens is 377 g/mol. The van der Waals surface area contributed by atoms with Crippen LogP contribution in [0.25, 0.3) is 16.7 Å². The van der Waals surface area contributed by atoms with E-state index in [1.54, 1.807) is 54.0 Å². The highest BCUT2D eigenvalue weighted by Crippen LogP contribution is 2.18. The van der Waals surface area contributed by atoms with Crippen molar-refractivity contribution in [2.45, 2.75) is 13.5 Å². The molecule has 6 nitrogen and oxygen atoms in total. The Bertz CT molecular complexity index is 1180. The molecule has 0 amide bonds. The Morgan fingerprint density at radius 2 is 1.83 bits per heavy atom. The Hall–Kier alpha value is -3.74. The van der Waals surface area contributed by atoms with Gasteiger partial charge in [0, 0.05) is 23.2 Å². The minimum atomic E-state index is -1.13. The van der Waals surface area contributed by atoms with Crippen LogP contribution in [0.4, 0.5) is 4.39 Å². The lowest BCUT2D eigenvalue weighted by Gasteiger charge is -2.14. The standard InChI is InChI=1S/C22H18FNO5/c1-2-29-22(28)20(26)11-19(25)16-13-24(12-14-7-3-5-9-17(14)23)18-10-6-4-8-15(18)21(16)27/h3-11,13,25H,2,12H2,1H3. The van der Waals surface area contributed by atoms with Crippen molar-refractivity contribution in [3.8, 4) is 0 Å². The molecule has 0 unspecified atom stereocenters. The van der Waals surface area contributed by atoms with Gasteiger partial charge < -0.3 is 14.4 Å². The van der Waals surface area contributed by atoms with Crippen molar-refractivity contribution in [3.63, 3.8) is 0 Å². The smallest absolute Gasteiger partial charge is 0.379 e. The molecule has 29 heavy (non-hydrogen) atoms. The first-order valence-corrected chi connectivity index (χ1v) is 8.90. The van der Waals surface area contributed by atoms with E-state index in [0.717, 1.165) is 0 Å². The summed E-state index contributed by atoms with van der Waals surface area (Å²) in [6, 6.07) is 12.9. The third-order valence-corrected chi connectivity index (χ3v) is 4.31. The number of ether oxygens (including phenoxy) is 1. The molecule has 0 saturated carbocycles. The van der Waals surface area contributed by atoms with Crippen LogP contribution in [-0.2, 0) is 20.9 Å². The number of nitrogens with zero attached hydrogens (tertiary/aromatic N) is 1. The van der Waals surface area contributed by atoms with Crippen LogP contribution < -0.4 is 5.43 Å². The van der Waals surface area contributed by atoms with E-state index < -0.39 is 28.8 Å². The molecule has 0 spiro atoms. The maximum absolute atomic E-state index is 14.1. The Kier molecular flexibility index (Phi) is 5.87. The van der Waals surface area contributed by atoms with Gasteiger partial charge in [0.25, 0.3) is 5.78 Å². The van der Waals surface area contributed by atoms with Gasteiger partial charge in [0.1, 0.15) is 11.6 Å². The Balaban J connectivity index is 2.12. The summed E-state index contributed by atoms with van der Waals surface area (Å²) in [7, 11) is 0. The third-order valence-electron chi connectivity index (χ3n) is 4.31. The molecule has 1 N–H and O–H groups in total. The highest BCUT2D eigenvalue weighted by atomic mass is 19.1. The number of aromatic nitrogens is 1. The second-order valence-corrected chi connectivity index (χ2v) is 6.22. The molecular formula is C22H18FNO5. The molecule has 3 rings (SSSR count). The number of aliphatic hydroxyl groups is 1. The van der Waals surface area contributed by atoms with Crippen LogP contribution in [0.3, 0.4) is 0 Å². The van der Waals surface area contributed by atoms with Crippen molar-refractivity contribution >= 4 is 28.4 Å². The molecule has 7 heteroatoms. The maximum atomic E-state index is 14.1. The molecule has 0 saturated heterocycles. The van der Waals surface area contributed by atoms with Crippen LogP contribution >= 0.6 is 0 Å². The number of benzene rings is 2. The van der Waals surface area contributed by atoms with Gasteiger partial charge in [0.2, 0.25) is 0 Å². The first-order valence-electron chi connectivity index (χ1n) is 8.90. The Morgan fingerprint density at radius 1 is 1.14 bits per heavy atom. The lowest BCUT2D eigenvalue weighted by Crippen LogP contribution is -2.18. The number of pyridine rings is 1. The van der Waals surface area contributed by atoms with Gasteiger partial charge >= 0.3 is 5.97 Å². The number of carbonyl (C=O) groups excluding carboxylic acids is 2. The largest absolute Gasteiger partial charge is 0.507 e. The summed E-state index contributed by atoms with van der Waals surface area (Å²) < 4.78 is 20.3. The van der Waals surface area contributed by atoms with Crippen molar-refractivity contribution < 1.29 is 23.8 Å². The van der Waals surface area contributed by atoms with E-state index in [0.29, 0.717) is 17.2 Å². The normalized spacial score (nSPS) is 11.4. The number of halogens is 1. The van der Waals surface area contributed by atoms with Gasteiger partial charge in [0.05, 0.1) is 24.2 Å². The lowest BCUT2D eigenvalue weighted by atomic mass is 10.1. The Labute approximate surface area is 165 Å². The average molecular weight is 395 g/mol. The number of fused-ring (bicyclic) bond motifs is 1. The third kappa shape index (κ3) is 4.24. The van der Waals surface area contributed by atoms with E-state index in [1.165, 1.54) is 12.3 Å². The van der Waals surface area contributed by atoms with Gasteiger partial charge in [-0.3, -0.25) is 9.59 Å². The molecule has 148 valence electrons. The predicted octanol–water partition coefficient (Wildman–Crippen LogP) is 3.22. The molecule has 2 aromatic carbocycles. The number of rotatable bonds is 6. The monoisotopic (exact) mass is 395 g/mol. The lowest BCUT2D eigenvalue weighted by molar-refractivity contribution is -0.151.